The molecule has 5 aliphatic heterocycles. The lowest BCUT2D eigenvalue weighted by Crippen LogP contribution is -2.60. The van der Waals surface area contributed by atoms with E-state index in [0.29, 0.717) is 37.8 Å². The van der Waals surface area contributed by atoms with Gasteiger partial charge in [-0.05, 0) is 176 Å². The lowest BCUT2D eigenvalue weighted by Gasteiger charge is -2.47. The number of cyclic esters (lactones) is 2. The molecule has 644 valence electrons. The van der Waals surface area contributed by atoms with Gasteiger partial charge in [-0.1, -0.05) is 79.8 Å². The summed E-state index contributed by atoms with van der Waals surface area (Å²) in [6, 6.07) is 10.9. The van der Waals surface area contributed by atoms with Crippen molar-refractivity contribution in [1.29, 1.82) is 0 Å². The van der Waals surface area contributed by atoms with Gasteiger partial charge in [0, 0.05) is 100 Å². The smallest absolute Gasteiger partial charge is 0.420 e. The first-order chi connectivity index (χ1) is 55.3. The number of aliphatic hydroxyl groups excluding tert-OH is 1. The molecule has 1 amide bonds. The van der Waals surface area contributed by atoms with Gasteiger partial charge in [-0.25, -0.2) is 33.9 Å². The van der Waals surface area contributed by atoms with E-state index in [1.807, 2.05) is 81.8 Å². The number of aliphatic hydroxyl groups is 1. The fourth-order valence-corrected chi connectivity index (χ4v) is 17.3. The fourth-order valence-electron chi connectivity index (χ4n) is 17.3. The molecule has 0 radical (unpaired) electrons. The topological polar surface area (TPSA) is 346 Å². The van der Waals surface area contributed by atoms with Gasteiger partial charge in [0.15, 0.2) is 47.2 Å². The predicted octanol–water partition coefficient (Wildman–Crippen LogP) is 10.7. The minimum atomic E-state index is -1.80. The summed E-state index contributed by atoms with van der Waals surface area (Å²) in [5, 5.41) is 14.5. The maximum atomic E-state index is 14.8. The van der Waals surface area contributed by atoms with Gasteiger partial charge >= 0.3 is 30.1 Å². The van der Waals surface area contributed by atoms with Crippen molar-refractivity contribution in [2.24, 2.45) is 41.4 Å². The number of benzene rings is 1. The number of carbonyl (C=O) groups excluding carboxylic acids is 9. The number of methoxy groups -OCH3 is 2. The molecule has 0 bridgehead atoms. The number of likely N-dealkylation sites (N-methyl/N-ethyl adjacent to an activating group) is 2. The van der Waals surface area contributed by atoms with E-state index in [0.717, 1.165) is 21.6 Å². The van der Waals surface area contributed by atoms with E-state index in [2.05, 4.69) is 33.4 Å². The molecule has 117 heavy (non-hydrogen) atoms. The van der Waals surface area contributed by atoms with Crippen LogP contribution in [0.4, 0.5) is 15.4 Å². The molecule has 9 rings (SSSR count). The Balaban J connectivity index is 0.000000293. The molecule has 4 aromatic rings. The molecule has 4 saturated heterocycles. The molecule has 30 nitrogen and oxygen atoms in total. The van der Waals surface area contributed by atoms with Crippen molar-refractivity contribution >= 4 is 59.0 Å². The molecule has 8 heterocycles. The number of ether oxygens (including phenoxy) is 11. The van der Waals surface area contributed by atoms with Gasteiger partial charge in [0.25, 0.3) is 0 Å². The number of anilines is 1. The molecule has 5 aliphatic rings. The Morgan fingerprint density at radius 3 is 1.79 bits per heavy atom. The number of pyridine rings is 1. The summed E-state index contributed by atoms with van der Waals surface area (Å²) in [5.41, 5.74) is -3.82. The van der Waals surface area contributed by atoms with E-state index in [1.54, 1.807) is 117 Å². The van der Waals surface area contributed by atoms with Gasteiger partial charge in [0.2, 0.25) is 0 Å². The van der Waals surface area contributed by atoms with Gasteiger partial charge in [-0.2, -0.15) is 0 Å². The number of allylic oxidation sites excluding steroid dienone is 1. The zero-order valence-corrected chi connectivity index (χ0v) is 72.0. The molecule has 0 spiro atoms. The lowest BCUT2D eigenvalue weighted by atomic mass is 9.72. The minimum Gasteiger partial charge on any atom is -0.457 e. The summed E-state index contributed by atoms with van der Waals surface area (Å²) in [6.45, 7) is 32.7. The van der Waals surface area contributed by atoms with Gasteiger partial charge in [0.05, 0.1) is 65.3 Å². The number of nitrogens with one attached hydrogen (secondary N) is 1. The maximum absolute atomic E-state index is 14.8. The number of imidazole rings is 2. The molecule has 1 aromatic carbocycles. The number of esters is 3. The van der Waals surface area contributed by atoms with Crippen LogP contribution < -0.4 is 5.32 Å². The molecule has 4 fully saturated rings. The number of hydrogen-bond donors (Lipinski definition) is 2. The standard InChI is InChI=1S/C45H68N6O10.C42H57N3O11/c1-13-34-45(14-2)39(51(43(56)61-45)20-16-15-19-50-24-32(48-25-50)31-17-18-35(46-9)47-23-31)28(5)36(52)26(3)22-44(8,57-12)40(29(6)37(53)30(7)41(55)59-34)60-42-38(54)33(49(10)11)21-27(4)58-42;1-12-32-42(13-2,56-40(50)45-20-19-43-24-45)23-26(4)33(46)25(3)22-41(8,51-11)36(28(6)34(47)29(7)37(48)53-32)55-39-35(31(44(9)10)21-27(5)52-39)54-38(49)30-17-15-14-16-18-30/h14,17-18,23-30,33-34,38-40,42,54H,2,13,15-16,19-22H2,1,3-12H3,(H,46,47);13-20,23-25,27-29,31-32,35-36,39H,2,12,21-22H2,1,3-11H3/b;26-23+/t26-,27-,28+,29+,30-,33+,34-,38-,39-,40-,42?,44+,45-;25-,27-,28+,29-,31+,32-,35-,36-,39?,41+,42+/m11/s1. The summed E-state index contributed by atoms with van der Waals surface area (Å²) in [6.07, 6.45) is 5.65. The molecule has 2 unspecified atom stereocenters. The van der Waals surface area contributed by atoms with Crippen molar-refractivity contribution in [1.82, 2.24) is 38.8 Å². The molecule has 0 aliphatic carbocycles. The number of unbranched alkanes of at least 4 members (excludes halogenated alkanes) is 1. The van der Waals surface area contributed by atoms with Crippen molar-refractivity contribution in [3.63, 3.8) is 0 Å². The zero-order chi connectivity index (χ0) is 86.5. The molecular formula is C87H125N9O21. The normalized spacial score (nSPS) is 34.9. The first kappa shape index (κ1) is 93.8. The number of aryl methyl sites for hydroxylation is 1. The van der Waals surface area contributed by atoms with Crippen LogP contribution in [0.3, 0.4) is 0 Å². The molecule has 0 saturated carbocycles. The summed E-state index contributed by atoms with van der Waals surface area (Å²) in [4.78, 5) is 145. The number of nitrogens with zero attached hydrogens (tertiary/aromatic N) is 8. The molecule has 3 aromatic heterocycles. The van der Waals surface area contributed by atoms with Crippen LogP contribution in [-0.2, 0) is 87.4 Å². The Bertz CT molecular complexity index is 4120. The van der Waals surface area contributed by atoms with Crippen LogP contribution in [0, 0.1) is 41.4 Å². The van der Waals surface area contributed by atoms with Gasteiger partial charge < -0.3 is 76.9 Å². The van der Waals surface area contributed by atoms with Crippen LogP contribution in [0.25, 0.3) is 11.3 Å². The van der Waals surface area contributed by atoms with Gasteiger partial charge in [-0.3, -0.25) is 33.7 Å². The predicted molar refractivity (Wildman–Crippen MR) is 434 cm³/mol. The second-order valence-electron chi connectivity index (χ2n) is 33.0. The Kier molecular flexibility index (Phi) is 32.3. The van der Waals surface area contributed by atoms with E-state index in [9.17, 15) is 48.3 Å². The number of amides is 1. The van der Waals surface area contributed by atoms with Crippen LogP contribution in [0.5, 0.6) is 0 Å². The quantitative estimate of drug-likeness (QED) is 0.0243. The first-order valence-electron chi connectivity index (χ1n) is 40.7. The summed E-state index contributed by atoms with van der Waals surface area (Å²) < 4.78 is 71.8. The summed E-state index contributed by atoms with van der Waals surface area (Å²) >= 11 is 0. The highest BCUT2D eigenvalue weighted by molar-refractivity contribution is 6.01. The number of fused-ring (bicyclic) bond motifs is 1. The number of carbonyl (C=O) groups is 9. The second-order valence-corrected chi connectivity index (χ2v) is 33.0. The highest BCUT2D eigenvalue weighted by Crippen LogP contribution is 2.46. The maximum Gasteiger partial charge on any atom is 0.420 e. The third kappa shape index (κ3) is 21.1. The van der Waals surface area contributed by atoms with Crippen molar-refractivity contribution < 1.29 is 100 Å². The highest BCUT2D eigenvalue weighted by Gasteiger charge is 2.62. The third-order valence-corrected chi connectivity index (χ3v) is 24.1. The minimum absolute atomic E-state index is 0.0512. The Morgan fingerprint density at radius 2 is 1.26 bits per heavy atom. The fraction of sp³-hybridized carbons (Fsp3) is 0.632. The summed E-state index contributed by atoms with van der Waals surface area (Å²) in [7, 11) is 12.2. The zero-order valence-electron chi connectivity index (χ0n) is 72.0. The van der Waals surface area contributed by atoms with Crippen molar-refractivity contribution in [3.8, 4) is 11.3 Å². The van der Waals surface area contributed by atoms with Crippen LogP contribution in [0.15, 0.2) is 117 Å². The van der Waals surface area contributed by atoms with E-state index in [-0.39, 0.29) is 73.7 Å². The number of hydrogen-bond acceptors (Lipinski definition) is 27. The van der Waals surface area contributed by atoms with E-state index in [4.69, 9.17) is 52.1 Å². The molecule has 2 N–H and O–H groups in total. The van der Waals surface area contributed by atoms with E-state index in [1.165, 1.54) is 65.0 Å². The Morgan fingerprint density at radius 1 is 0.701 bits per heavy atom. The van der Waals surface area contributed by atoms with Crippen molar-refractivity contribution in [2.75, 3.05) is 61.3 Å². The van der Waals surface area contributed by atoms with Gasteiger partial charge in [-0.15, -0.1) is 0 Å². The van der Waals surface area contributed by atoms with Crippen LogP contribution >= 0.6 is 0 Å². The SMILES string of the molecule is C=C[C@]1(OC(=O)n2ccnc2)/C=C(\C)C(=O)[C@H](C)C[C@](C)(OC)[C@H](OC2O[C@H](C)C[C@H](N(C)C)[C@H]2OC(=O)c2ccccc2)[C@@H](C)C(=O)[C@@H](C)C(=O)O[C@@H]1CC.C=C[C@]12OC(=O)N(CCCCn3cnc(-c4ccc(NC)nc4)c3)[C@@H]1[C@@H](C)C(=O)[C@H](C)C[C@](C)(OC)[C@H](OC1O[C@H](C)C[C@H](N(C)C)[C@H]1O)[C@@H](C)C(=O)[C@@H](C)C(=O)O[C@@H]2CC. The molecule has 24 atom stereocenters. The van der Waals surface area contributed by atoms with Crippen LogP contribution in [0.2, 0.25) is 0 Å². The lowest BCUT2D eigenvalue weighted by molar-refractivity contribution is -0.295. The number of Topliss-reactive ketones (excluding diaryl/α,β-unsaturated/α-hetero) is 4. The van der Waals surface area contributed by atoms with Crippen LogP contribution in [-0.4, -0.2) is 255 Å². The summed E-state index contributed by atoms with van der Waals surface area (Å²) in [5.74, 6) is -9.88. The number of ketones is 4. The first-order valence-corrected chi connectivity index (χ1v) is 40.7. The monoisotopic (exact) mass is 1630 g/mol. The Hall–Kier alpha value is -8.72. The highest BCUT2D eigenvalue weighted by atomic mass is 16.7. The van der Waals surface area contributed by atoms with Gasteiger partial charge in [0.1, 0.15) is 48.1 Å². The third-order valence-electron chi connectivity index (χ3n) is 24.1. The second kappa shape index (κ2) is 40.4. The van der Waals surface area contributed by atoms with E-state index >= 15 is 0 Å². The average molecular weight is 1630 g/mol. The molecule has 30 heteroatoms. The van der Waals surface area contributed by atoms with E-state index < -0.39 is 161 Å². The Labute approximate surface area is 688 Å². The van der Waals surface area contributed by atoms with Crippen LogP contribution in [0.1, 0.15) is 159 Å². The molecular weight excluding hydrogens is 1510 g/mol. The largest absolute Gasteiger partial charge is 0.457 e. The number of aromatic nitrogens is 5. The number of rotatable bonds is 22. The van der Waals surface area contributed by atoms with Crippen molar-refractivity contribution in [2.45, 2.75) is 257 Å². The average Bonchev–Trinajstić information content (AvgIpc) is 1.55. The van der Waals surface area contributed by atoms with Crippen molar-refractivity contribution in [3.05, 3.63) is 122 Å².